The summed E-state index contributed by atoms with van der Waals surface area (Å²) < 4.78 is 0. The SMILES string of the molecule is CCN1CC2(CCN(C(=O)c3ccc[nH]3)CC2)C[C@@H](c2ccccc2)C1=O. The smallest absolute Gasteiger partial charge is 0.270 e. The van der Waals surface area contributed by atoms with E-state index < -0.39 is 0 Å². The number of amides is 2. The maximum Gasteiger partial charge on any atom is 0.270 e. The van der Waals surface area contributed by atoms with Gasteiger partial charge in [0, 0.05) is 32.4 Å². The highest BCUT2D eigenvalue weighted by Gasteiger charge is 2.46. The Morgan fingerprint density at radius 2 is 1.89 bits per heavy atom. The van der Waals surface area contributed by atoms with Crippen LogP contribution >= 0.6 is 0 Å². The van der Waals surface area contributed by atoms with Gasteiger partial charge in [0.15, 0.2) is 0 Å². The van der Waals surface area contributed by atoms with Crippen LogP contribution in [0.25, 0.3) is 0 Å². The molecule has 2 aromatic rings. The van der Waals surface area contributed by atoms with E-state index in [4.69, 9.17) is 0 Å². The number of piperidine rings is 2. The van der Waals surface area contributed by atoms with Crippen LogP contribution in [0.3, 0.4) is 0 Å². The first-order valence-electron chi connectivity index (χ1n) is 9.88. The number of carbonyl (C=O) groups excluding carboxylic acids is 2. The van der Waals surface area contributed by atoms with Crippen molar-refractivity contribution in [1.82, 2.24) is 14.8 Å². The monoisotopic (exact) mass is 365 g/mol. The van der Waals surface area contributed by atoms with Crippen LogP contribution in [0.2, 0.25) is 0 Å². The van der Waals surface area contributed by atoms with Crippen molar-refractivity contribution in [2.45, 2.75) is 32.1 Å². The summed E-state index contributed by atoms with van der Waals surface area (Å²) in [7, 11) is 0. The van der Waals surface area contributed by atoms with Gasteiger partial charge in [0.1, 0.15) is 5.69 Å². The molecular formula is C22H27N3O2. The molecular weight excluding hydrogens is 338 g/mol. The molecule has 0 unspecified atom stereocenters. The van der Waals surface area contributed by atoms with Gasteiger partial charge in [-0.3, -0.25) is 9.59 Å². The van der Waals surface area contributed by atoms with E-state index in [0.29, 0.717) is 5.69 Å². The van der Waals surface area contributed by atoms with Crippen LogP contribution in [-0.4, -0.2) is 52.8 Å². The largest absolute Gasteiger partial charge is 0.357 e. The number of aromatic amines is 1. The predicted molar refractivity (Wildman–Crippen MR) is 104 cm³/mol. The summed E-state index contributed by atoms with van der Waals surface area (Å²) in [6.07, 6.45) is 4.57. The average molecular weight is 365 g/mol. The third-order valence-electron chi connectivity index (χ3n) is 6.30. The van der Waals surface area contributed by atoms with E-state index in [1.54, 1.807) is 6.20 Å². The second-order valence-electron chi connectivity index (χ2n) is 7.90. The molecule has 5 nitrogen and oxygen atoms in total. The Morgan fingerprint density at radius 3 is 2.52 bits per heavy atom. The van der Waals surface area contributed by atoms with Crippen molar-refractivity contribution in [1.29, 1.82) is 0 Å². The number of benzene rings is 1. The van der Waals surface area contributed by atoms with Crippen LogP contribution in [0, 0.1) is 5.41 Å². The molecule has 1 aromatic carbocycles. The molecule has 2 aliphatic rings. The maximum atomic E-state index is 13.0. The Labute approximate surface area is 160 Å². The molecule has 0 radical (unpaired) electrons. The molecule has 2 amide bonds. The van der Waals surface area contributed by atoms with Crippen molar-refractivity contribution in [2.75, 3.05) is 26.2 Å². The van der Waals surface area contributed by atoms with Gasteiger partial charge in [-0.2, -0.15) is 0 Å². The van der Waals surface area contributed by atoms with Gasteiger partial charge >= 0.3 is 0 Å². The fourth-order valence-electron chi connectivity index (χ4n) is 4.68. The number of nitrogens with one attached hydrogen (secondary N) is 1. The molecule has 2 aliphatic heterocycles. The minimum Gasteiger partial charge on any atom is -0.357 e. The number of hydrogen-bond donors (Lipinski definition) is 1. The van der Waals surface area contributed by atoms with Crippen molar-refractivity contribution in [3.8, 4) is 0 Å². The molecule has 5 heteroatoms. The van der Waals surface area contributed by atoms with Gasteiger partial charge in [-0.25, -0.2) is 0 Å². The molecule has 1 N–H and O–H groups in total. The topological polar surface area (TPSA) is 56.4 Å². The summed E-state index contributed by atoms with van der Waals surface area (Å²) >= 11 is 0. The van der Waals surface area contributed by atoms with Crippen LogP contribution < -0.4 is 0 Å². The van der Waals surface area contributed by atoms with Gasteiger partial charge in [-0.1, -0.05) is 30.3 Å². The van der Waals surface area contributed by atoms with Crippen molar-refractivity contribution < 1.29 is 9.59 Å². The lowest BCUT2D eigenvalue weighted by molar-refractivity contribution is -0.141. The van der Waals surface area contributed by atoms with Gasteiger partial charge in [0.2, 0.25) is 5.91 Å². The van der Waals surface area contributed by atoms with E-state index in [-0.39, 0.29) is 23.1 Å². The van der Waals surface area contributed by atoms with Crippen molar-refractivity contribution >= 4 is 11.8 Å². The fraction of sp³-hybridized carbons (Fsp3) is 0.455. The molecule has 0 aliphatic carbocycles. The third-order valence-corrected chi connectivity index (χ3v) is 6.30. The molecule has 1 aromatic heterocycles. The van der Waals surface area contributed by atoms with Crippen molar-refractivity contribution in [2.24, 2.45) is 5.41 Å². The lowest BCUT2D eigenvalue weighted by atomic mass is 9.67. The highest BCUT2D eigenvalue weighted by atomic mass is 16.2. The minimum absolute atomic E-state index is 0.0643. The number of carbonyl (C=O) groups is 2. The Bertz CT molecular complexity index is 792. The summed E-state index contributed by atoms with van der Waals surface area (Å²) in [4.78, 5) is 32.6. The first-order valence-corrected chi connectivity index (χ1v) is 9.88. The first kappa shape index (κ1) is 17.8. The normalized spacial score (nSPS) is 22.3. The van der Waals surface area contributed by atoms with E-state index in [1.807, 2.05) is 40.1 Å². The molecule has 1 spiro atoms. The van der Waals surface area contributed by atoms with E-state index >= 15 is 0 Å². The number of rotatable bonds is 3. The van der Waals surface area contributed by atoms with Crippen LogP contribution in [-0.2, 0) is 4.79 Å². The van der Waals surface area contributed by atoms with E-state index in [2.05, 4.69) is 24.0 Å². The van der Waals surface area contributed by atoms with Crippen LogP contribution in [0.1, 0.15) is 48.2 Å². The molecule has 27 heavy (non-hydrogen) atoms. The molecule has 0 saturated carbocycles. The number of likely N-dealkylation sites (tertiary alicyclic amines) is 2. The summed E-state index contributed by atoms with van der Waals surface area (Å²) in [6, 6.07) is 13.8. The first-order chi connectivity index (χ1) is 13.1. The number of aromatic nitrogens is 1. The van der Waals surface area contributed by atoms with Crippen molar-refractivity contribution in [3.63, 3.8) is 0 Å². The zero-order chi connectivity index (χ0) is 18.9. The van der Waals surface area contributed by atoms with Crippen LogP contribution in [0.5, 0.6) is 0 Å². The maximum absolute atomic E-state index is 13.0. The summed E-state index contributed by atoms with van der Waals surface area (Å²) in [6.45, 7) is 5.13. The van der Waals surface area contributed by atoms with Gasteiger partial charge in [-0.05, 0) is 49.3 Å². The average Bonchev–Trinajstić information content (AvgIpc) is 3.25. The molecule has 1 atom stereocenters. The Morgan fingerprint density at radius 1 is 1.15 bits per heavy atom. The Balaban J connectivity index is 1.51. The molecule has 0 bridgehead atoms. The van der Waals surface area contributed by atoms with Crippen LogP contribution in [0.15, 0.2) is 48.7 Å². The number of likely N-dealkylation sites (N-methyl/N-ethyl adjacent to an activating group) is 1. The fourth-order valence-corrected chi connectivity index (χ4v) is 4.68. The summed E-state index contributed by atoms with van der Waals surface area (Å²) in [5.74, 6) is 0.262. The summed E-state index contributed by atoms with van der Waals surface area (Å²) in [5, 5.41) is 0. The molecule has 4 rings (SSSR count). The third kappa shape index (κ3) is 3.38. The lowest BCUT2D eigenvalue weighted by Crippen LogP contribution is -2.54. The minimum atomic E-state index is -0.0643. The highest BCUT2D eigenvalue weighted by molar-refractivity contribution is 5.92. The quantitative estimate of drug-likeness (QED) is 0.908. The van der Waals surface area contributed by atoms with Gasteiger partial charge in [0.25, 0.3) is 5.91 Å². The van der Waals surface area contributed by atoms with Gasteiger partial charge in [0.05, 0.1) is 5.92 Å². The van der Waals surface area contributed by atoms with Crippen LogP contribution in [0.4, 0.5) is 0 Å². The van der Waals surface area contributed by atoms with E-state index in [0.717, 1.165) is 51.0 Å². The second kappa shape index (κ2) is 7.22. The number of hydrogen-bond acceptors (Lipinski definition) is 2. The Kier molecular flexibility index (Phi) is 4.77. The number of H-pyrrole nitrogens is 1. The van der Waals surface area contributed by atoms with E-state index in [1.165, 1.54) is 0 Å². The summed E-state index contributed by atoms with van der Waals surface area (Å²) in [5.41, 5.74) is 1.88. The predicted octanol–water partition coefficient (Wildman–Crippen LogP) is 3.27. The lowest BCUT2D eigenvalue weighted by Gasteiger charge is -2.49. The molecule has 2 fully saturated rings. The second-order valence-corrected chi connectivity index (χ2v) is 7.90. The van der Waals surface area contributed by atoms with Gasteiger partial charge in [-0.15, -0.1) is 0 Å². The molecule has 3 heterocycles. The van der Waals surface area contributed by atoms with Gasteiger partial charge < -0.3 is 14.8 Å². The molecule has 2 saturated heterocycles. The number of nitrogens with zero attached hydrogens (tertiary/aromatic N) is 2. The molecule has 142 valence electrons. The standard InChI is InChI=1S/C22H27N3O2/c1-2-24-16-22(15-18(20(24)26)17-7-4-3-5-8-17)10-13-25(14-11-22)21(27)19-9-6-12-23-19/h3-9,12,18,23H,2,10-11,13-16H2,1H3/t18-/m0/s1. The van der Waals surface area contributed by atoms with Crippen molar-refractivity contribution in [3.05, 3.63) is 59.9 Å². The van der Waals surface area contributed by atoms with E-state index in [9.17, 15) is 9.59 Å². The highest BCUT2D eigenvalue weighted by Crippen LogP contribution is 2.45. The zero-order valence-electron chi connectivity index (χ0n) is 15.9. The Hall–Kier alpha value is -2.56. The zero-order valence-corrected chi connectivity index (χ0v) is 15.9.